The molecule has 1 rings (SSSR count). The van der Waals surface area contributed by atoms with E-state index in [1.54, 1.807) is 7.11 Å². The molecule has 2 N–H and O–H groups in total. The van der Waals surface area contributed by atoms with Gasteiger partial charge in [-0.1, -0.05) is 6.92 Å². The molecule has 0 radical (unpaired) electrons. The van der Waals surface area contributed by atoms with Crippen molar-refractivity contribution < 1.29 is 19.0 Å². The number of methoxy groups -OCH3 is 2. The topological polar surface area (TPSA) is 70.8 Å². The summed E-state index contributed by atoms with van der Waals surface area (Å²) in [5.74, 6) is 0.887. The van der Waals surface area contributed by atoms with Crippen LogP contribution in [0.25, 0.3) is 0 Å². The van der Waals surface area contributed by atoms with Gasteiger partial charge in [0.2, 0.25) is 0 Å². The molecule has 0 aromatic heterocycles. The average Bonchev–Trinajstić information content (AvgIpc) is 2.48. The Balaban J connectivity index is 2.82. The van der Waals surface area contributed by atoms with Crippen molar-refractivity contribution in [1.82, 2.24) is 0 Å². The maximum atomic E-state index is 11.1. The number of rotatable bonds is 8. The van der Waals surface area contributed by atoms with Crippen molar-refractivity contribution in [2.24, 2.45) is 5.73 Å². The van der Waals surface area contributed by atoms with E-state index in [-0.39, 0.29) is 25.0 Å². The number of halogens is 1. The van der Waals surface area contributed by atoms with Crippen LogP contribution in [0.2, 0.25) is 0 Å². The Labute approximate surface area is 133 Å². The third-order valence-electron chi connectivity index (χ3n) is 3.09. The lowest BCUT2D eigenvalue weighted by Crippen LogP contribution is -2.21. The average molecular weight is 360 g/mol. The minimum atomic E-state index is -0.310. The van der Waals surface area contributed by atoms with E-state index >= 15 is 0 Å². The van der Waals surface area contributed by atoms with E-state index in [1.807, 2.05) is 12.1 Å². The summed E-state index contributed by atoms with van der Waals surface area (Å²) in [7, 11) is 2.93. The molecule has 0 saturated carbocycles. The van der Waals surface area contributed by atoms with Crippen molar-refractivity contribution in [3.8, 4) is 11.5 Å². The molecule has 0 spiro atoms. The molecule has 0 amide bonds. The summed E-state index contributed by atoms with van der Waals surface area (Å²) in [5.41, 5.74) is 7.05. The number of benzene rings is 1. The van der Waals surface area contributed by atoms with E-state index in [9.17, 15) is 4.79 Å². The van der Waals surface area contributed by atoms with Crippen LogP contribution in [0.1, 0.15) is 25.3 Å². The first kappa shape index (κ1) is 17.8. The maximum absolute atomic E-state index is 11.1. The quantitative estimate of drug-likeness (QED) is 0.722. The lowest BCUT2D eigenvalue weighted by Gasteiger charge is -2.15. The summed E-state index contributed by atoms with van der Waals surface area (Å²) in [5, 5.41) is 0. The van der Waals surface area contributed by atoms with Gasteiger partial charge in [0.1, 0.15) is 0 Å². The molecule has 21 heavy (non-hydrogen) atoms. The summed E-state index contributed by atoms with van der Waals surface area (Å²) >= 11 is 3.47. The Hall–Kier alpha value is -1.27. The third kappa shape index (κ3) is 5.55. The fourth-order valence-corrected chi connectivity index (χ4v) is 2.42. The van der Waals surface area contributed by atoms with Gasteiger partial charge in [-0.05, 0) is 46.5 Å². The number of hydrogen-bond acceptors (Lipinski definition) is 5. The molecule has 1 atom stereocenters. The lowest BCUT2D eigenvalue weighted by atomic mass is 10.0. The van der Waals surface area contributed by atoms with E-state index in [4.69, 9.17) is 15.2 Å². The molecule has 5 nitrogen and oxygen atoms in total. The van der Waals surface area contributed by atoms with Crippen LogP contribution in [-0.4, -0.2) is 32.8 Å². The molecule has 6 heteroatoms. The summed E-state index contributed by atoms with van der Waals surface area (Å²) in [4.78, 5) is 11.1. The van der Waals surface area contributed by atoms with Gasteiger partial charge in [-0.15, -0.1) is 0 Å². The highest BCUT2D eigenvalue weighted by atomic mass is 79.9. The van der Waals surface area contributed by atoms with Gasteiger partial charge in [0.25, 0.3) is 0 Å². The van der Waals surface area contributed by atoms with Crippen LogP contribution >= 0.6 is 15.9 Å². The predicted octanol–water partition coefficient (Wildman–Crippen LogP) is 2.68. The zero-order chi connectivity index (χ0) is 15.8. The molecular formula is C15H22BrNO4. The molecule has 0 aliphatic carbocycles. The fourth-order valence-electron chi connectivity index (χ4n) is 1.82. The van der Waals surface area contributed by atoms with Gasteiger partial charge in [0.15, 0.2) is 11.5 Å². The molecule has 1 unspecified atom stereocenters. The Kier molecular flexibility index (Phi) is 7.53. The molecule has 0 aliphatic heterocycles. The van der Waals surface area contributed by atoms with Crippen molar-refractivity contribution in [2.45, 2.75) is 32.2 Å². The van der Waals surface area contributed by atoms with E-state index in [2.05, 4.69) is 27.6 Å². The van der Waals surface area contributed by atoms with Crippen LogP contribution < -0.4 is 15.2 Å². The van der Waals surface area contributed by atoms with Crippen LogP contribution in [0.5, 0.6) is 11.5 Å². The Morgan fingerprint density at radius 1 is 1.38 bits per heavy atom. The van der Waals surface area contributed by atoms with E-state index in [0.29, 0.717) is 11.5 Å². The SMILES string of the molecule is CCC(N)Cc1cc(Br)c(OCCC(=O)OC)c(OC)c1. The molecule has 0 bridgehead atoms. The maximum Gasteiger partial charge on any atom is 0.308 e. The van der Waals surface area contributed by atoms with Gasteiger partial charge in [-0.2, -0.15) is 0 Å². The number of carbonyl (C=O) groups is 1. The van der Waals surface area contributed by atoms with Crippen LogP contribution in [0, 0.1) is 0 Å². The fraction of sp³-hybridized carbons (Fsp3) is 0.533. The van der Waals surface area contributed by atoms with Crippen molar-refractivity contribution in [2.75, 3.05) is 20.8 Å². The van der Waals surface area contributed by atoms with Crippen molar-refractivity contribution in [1.29, 1.82) is 0 Å². The third-order valence-corrected chi connectivity index (χ3v) is 3.68. The lowest BCUT2D eigenvalue weighted by molar-refractivity contribution is -0.141. The number of esters is 1. The standard InChI is InChI=1S/C15H22BrNO4/c1-4-11(17)7-10-8-12(16)15(13(9-10)19-2)21-6-5-14(18)20-3/h8-9,11H,4-7,17H2,1-3H3. The minimum absolute atomic E-state index is 0.118. The Morgan fingerprint density at radius 3 is 2.67 bits per heavy atom. The zero-order valence-corrected chi connectivity index (χ0v) is 14.2. The first-order valence-corrected chi connectivity index (χ1v) is 7.62. The van der Waals surface area contributed by atoms with Crippen LogP contribution in [0.3, 0.4) is 0 Å². The number of carbonyl (C=O) groups excluding carboxylic acids is 1. The second-order valence-corrected chi connectivity index (χ2v) is 5.51. The van der Waals surface area contributed by atoms with Crippen LogP contribution in [0.4, 0.5) is 0 Å². The highest BCUT2D eigenvalue weighted by Crippen LogP contribution is 2.37. The van der Waals surface area contributed by atoms with Gasteiger partial charge in [0, 0.05) is 6.04 Å². The highest BCUT2D eigenvalue weighted by molar-refractivity contribution is 9.10. The minimum Gasteiger partial charge on any atom is -0.493 e. The molecule has 1 aromatic rings. The first-order chi connectivity index (χ1) is 10.0. The van der Waals surface area contributed by atoms with Gasteiger partial charge in [-0.3, -0.25) is 4.79 Å². The molecule has 0 heterocycles. The molecule has 0 aliphatic rings. The molecule has 118 valence electrons. The van der Waals surface area contributed by atoms with Gasteiger partial charge < -0.3 is 19.9 Å². The van der Waals surface area contributed by atoms with Crippen LogP contribution in [-0.2, 0) is 16.0 Å². The molecular weight excluding hydrogens is 338 g/mol. The van der Waals surface area contributed by atoms with Gasteiger partial charge in [-0.25, -0.2) is 0 Å². The number of ether oxygens (including phenoxy) is 3. The summed E-state index contributed by atoms with van der Waals surface area (Å²) in [6, 6.07) is 3.99. The highest BCUT2D eigenvalue weighted by Gasteiger charge is 2.14. The number of hydrogen-bond donors (Lipinski definition) is 1. The second-order valence-electron chi connectivity index (χ2n) is 4.66. The summed E-state index contributed by atoms with van der Waals surface area (Å²) in [6.07, 6.45) is 1.87. The predicted molar refractivity (Wildman–Crippen MR) is 84.8 cm³/mol. The van der Waals surface area contributed by atoms with Crippen molar-refractivity contribution in [3.63, 3.8) is 0 Å². The Bertz CT molecular complexity index is 479. The van der Waals surface area contributed by atoms with Crippen LogP contribution in [0.15, 0.2) is 16.6 Å². The van der Waals surface area contributed by atoms with E-state index in [0.717, 1.165) is 22.9 Å². The summed E-state index contributed by atoms with van der Waals surface area (Å²) < 4.78 is 16.3. The summed E-state index contributed by atoms with van der Waals surface area (Å²) in [6.45, 7) is 2.29. The van der Waals surface area contributed by atoms with E-state index < -0.39 is 0 Å². The van der Waals surface area contributed by atoms with E-state index in [1.165, 1.54) is 7.11 Å². The largest absolute Gasteiger partial charge is 0.493 e. The molecule has 1 aromatic carbocycles. The molecule has 0 saturated heterocycles. The van der Waals surface area contributed by atoms with Gasteiger partial charge >= 0.3 is 5.97 Å². The monoisotopic (exact) mass is 359 g/mol. The zero-order valence-electron chi connectivity index (χ0n) is 12.6. The smallest absolute Gasteiger partial charge is 0.308 e. The van der Waals surface area contributed by atoms with Gasteiger partial charge in [0.05, 0.1) is 31.7 Å². The second kappa shape index (κ2) is 8.89. The molecule has 0 fully saturated rings. The first-order valence-electron chi connectivity index (χ1n) is 6.83. The number of nitrogens with two attached hydrogens (primary N) is 1. The van der Waals surface area contributed by atoms with Crippen molar-refractivity contribution >= 4 is 21.9 Å². The van der Waals surface area contributed by atoms with Crippen molar-refractivity contribution in [3.05, 3.63) is 22.2 Å². The Morgan fingerprint density at radius 2 is 2.10 bits per heavy atom. The normalized spacial score (nSPS) is 11.9.